The first kappa shape index (κ1) is 63.3. The van der Waals surface area contributed by atoms with Crippen LogP contribution >= 0.6 is 0 Å². The summed E-state index contributed by atoms with van der Waals surface area (Å²) in [6, 6.07) is -0.618. The van der Waals surface area contributed by atoms with E-state index in [-0.39, 0.29) is 36.2 Å². The molecule has 0 saturated carbocycles. The second-order valence-corrected chi connectivity index (χ2v) is 19.8. The average Bonchev–Trinajstić information content (AvgIpc) is 3.28. The van der Waals surface area contributed by atoms with Crippen molar-refractivity contribution in [1.29, 1.82) is 0 Å². The zero-order valence-corrected chi connectivity index (χ0v) is 43.9. The molecular formula is C58H106NO7+. The number of esters is 2. The minimum atomic E-state index is -0.875. The molecule has 0 spiro atoms. The third kappa shape index (κ3) is 46.4. The van der Waals surface area contributed by atoms with Gasteiger partial charge in [-0.15, -0.1) is 0 Å². The summed E-state index contributed by atoms with van der Waals surface area (Å²) in [4.78, 5) is 37.2. The number of hydrogen-bond donors (Lipinski definition) is 1. The number of nitrogens with zero attached hydrogens (tertiary/aromatic N) is 1. The van der Waals surface area contributed by atoms with Crippen molar-refractivity contribution in [2.24, 2.45) is 0 Å². The van der Waals surface area contributed by atoms with Gasteiger partial charge in [0, 0.05) is 19.3 Å². The monoisotopic (exact) mass is 929 g/mol. The van der Waals surface area contributed by atoms with Gasteiger partial charge in [-0.1, -0.05) is 229 Å². The number of carboxylic acid groups (broad SMARTS) is 1. The summed E-state index contributed by atoms with van der Waals surface area (Å²) in [5.74, 6) is -1.47. The predicted octanol–water partition coefficient (Wildman–Crippen LogP) is 16.3. The summed E-state index contributed by atoms with van der Waals surface area (Å²) in [5, 5.41) is 9.67. The highest BCUT2D eigenvalue weighted by atomic mass is 16.6. The quantitative estimate of drug-likeness (QED) is 0.0281. The first-order chi connectivity index (χ1) is 32.1. The van der Waals surface area contributed by atoms with Crippen LogP contribution in [0.2, 0.25) is 0 Å². The van der Waals surface area contributed by atoms with E-state index >= 15 is 0 Å². The zero-order chi connectivity index (χ0) is 48.4. The van der Waals surface area contributed by atoms with Gasteiger partial charge in [0.1, 0.15) is 6.61 Å². The van der Waals surface area contributed by atoms with Crippen LogP contribution in [0, 0.1) is 0 Å². The highest BCUT2D eigenvalue weighted by molar-refractivity contribution is 5.72. The fraction of sp³-hybridized carbons (Fsp3) is 0.810. The molecule has 384 valence electrons. The highest BCUT2D eigenvalue weighted by Gasteiger charge is 2.31. The Kier molecular flexibility index (Phi) is 46.7. The topological polar surface area (TPSA) is 99.1 Å². The van der Waals surface area contributed by atoms with Crippen LogP contribution in [0.25, 0.3) is 0 Å². The van der Waals surface area contributed by atoms with Crippen molar-refractivity contribution < 1.29 is 38.2 Å². The summed E-state index contributed by atoms with van der Waals surface area (Å²) in [7, 11) is 5.54. The lowest BCUT2D eigenvalue weighted by molar-refractivity contribution is -0.887. The summed E-state index contributed by atoms with van der Waals surface area (Å²) in [6.07, 6.45) is 60.3. The van der Waals surface area contributed by atoms with Gasteiger partial charge in [0.25, 0.3) is 0 Å². The number of unbranched alkanes of at least 4 members (excludes halogenated alkanes) is 28. The molecule has 0 aliphatic rings. The van der Waals surface area contributed by atoms with Crippen LogP contribution in [0.4, 0.5) is 0 Å². The van der Waals surface area contributed by atoms with Gasteiger partial charge in [-0.05, 0) is 51.4 Å². The van der Waals surface area contributed by atoms with Crippen LogP contribution in [0.15, 0.2) is 48.6 Å². The fourth-order valence-electron chi connectivity index (χ4n) is 8.26. The third-order valence-corrected chi connectivity index (χ3v) is 12.5. The maximum Gasteiger partial charge on any atom is 0.362 e. The smallest absolute Gasteiger partial charge is 0.362 e. The molecule has 0 aliphatic carbocycles. The molecular weight excluding hydrogens is 823 g/mol. The number of carbonyl (C=O) groups excluding carboxylic acids is 2. The van der Waals surface area contributed by atoms with Crippen molar-refractivity contribution in [2.45, 2.75) is 264 Å². The van der Waals surface area contributed by atoms with E-state index < -0.39 is 18.1 Å². The second-order valence-electron chi connectivity index (χ2n) is 19.8. The van der Waals surface area contributed by atoms with E-state index in [9.17, 15) is 19.5 Å². The minimum Gasteiger partial charge on any atom is -0.477 e. The molecule has 0 heterocycles. The van der Waals surface area contributed by atoms with Crippen LogP contribution < -0.4 is 0 Å². The maximum atomic E-state index is 12.8. The van der Waals surface area contributed by atoms with E-state index in [1.165, 1.54) is 148 Å². The Hall–Kier alpha value is -2.71. The van der Waals surface area contributed by atoms with E-state index in [0.717, 1.165) is 70.6 Å². The number of carbonyl (C=O) groups is 3. The summed E-state index contributed by atoms with van der Waals surface area (Å²) in [5.41, 5.74) is 0. The number of ether oxygens (including phenoxy) is 3. The SMILES string of the molecule is CC/C=C/C/C=C/C/C=C/C/C=C/CCCCCCCCCC(=O)OC(COCCC(C(=O)O)[N+](C)(C)C)COC(=O)CCCCCCCCCCCCCCCCCCCCCCCC. The van der Waals surface area contributed by atoms with Crippen molar-refractivity contribution in [1.82, 2.24) is 0 Å². The Morgan fingerprint density at radius 1 is 0.470 bits per heavy atom. The molecule has 2 atom stereocenters. The second kappa shape index (κ2) is 48.7. The molecule has 0 aromatic carbocycles. The number of likely N-dealkylation sites (N-methyl/N-ethyl adjacent to an activating group) is 1. The largest absolute Gasteiger partial charge is 0.477 e. The van der Waals surface area contributed by atoms with E-state index in [1.54, 1.807) is 0 Å². The van der Waals surface area contributed by atoms with Crippen molar-refractivity contribution in [3.8, 4) is 0 Å². The first-order valence-corrected chi connectivity index (χ1v) is 27.7. The highest BCUT2D eigenvalue weighted by Crippen LogP contribution is 2.17. The molecule has 0 aromatic rings. The lowest BCUT2D eigenvalue weighted by Crippen LogP contribution is -2.50. The number of quaternary nitrogens is 1. The van der Waals surface area contributed by atoms with Gasteiger partial charge in [0.15, 0.2) is 12.1 Å². The molecule has 0 saturated heterocycles. The first-order valence-electron chi connectivity index (χ1n) is 27.7. The fourth-order valence-corrected chi connectivity index (χ4v) is 8.26. The van der Waals surface area contributed by atoms with Crippen LogP contribution in [-0.2, 0) is 28.6 Å². The molecule has 0 fully saturated rings. The molecule has 8 nitrogen and oxygen atoms in total. The lowest BCUT2D eigenvalue weighted by atomic mass is 10.0. The zero-order valence-electron chi connectivity index (χ0n) is 43.9. The maximum absolute atomic E-state index is 12.8. The number of rotatable bonds is 50. The standard InChI is InChI=1S/C58H105NO7/c1-6-8-10-12-14-16-18-20-22-24-26-28-29-31-32-34-36-38-40-42-44-46-48-56(60)65-53-54(52-64-51-50-55(58(62)63)59(3,4)5)66-57(61)49-47-45-43-41-39-37-35-33-30-27-25-23-21-19-17-15-13-11-9-7-2/h9,11,15,17,21,23,27,30,54-55H,6-8,10,12-14,16,18-20,22,24-26,28-29,31-53H2,1-5H3/p+1/b11-9+,17-15+,23-21+,30-27+. The molecule has 0 radical (unpaired) electrons. The number of carboxylic acids is 1. The number of allylic oxidation sites excluding steroid dienone is 8. The van der Waals surface area contributed by atoms with Gasteiger partial charge in [-0.25, -0.2) is 4.79 Å². The molecule has 0 aromatic heterocycles. The van der Waals surface area contributed by atoms with E-state index in [2.05, 4.69) is 62.5 Å². The Labute approximate surface area is 407 Å². The van der Waals surface area contributed by atoms with Crippen molar-refractivity contribution >= 4 is 17.9 Å². The van der Waals surface area contributed by atoms with Crippen molar-refractivity contribution in [3.05, 3.63) is 48.6 Å². The lowest BCUT2D eigenvalue weighted by Gasteiger charge is -2.31. The molecule has 0 amide bonds. The Bertz CT molecular complexity index is 1220. The van der Waals surface area contributed by atoms with Gasteiger partial charge in [0.2, 0.25) is 0 Å². The van der Waals surface area contributed by atoms with Gasteiger partial charge < -0.3 is 23.8 Å². The Morgan fingerprint density at radius 2 is 0.848 bits per heavy atom. The molecule has 66 heavy (non-hydrogen) atoms. The Morgan fingerprint density at radius 3 is 1.26 bits per heavy atom. The molecule has 0 rings (SSSR count). The summed E-state index contributed by atoms with van der Waals surface area (Å²) < 4.78 is 17.4. The van der Waals surface area contributed by atoms with E-state index in [1.807, 2.05) is 21.1 Å². The van der Waals surface area contributed by atoms with Crippen LogP contribution in [-0.4, -0.2) is 80.6 Å². The normalized spacial score (nSPS) is 13.2. The van der Waals surface area contributed by atoms with E-state index in [4.69, 9.17) is 14.2 Å². The number of aliphatic carboxylic acids is 1. The summed E-state index contributed by atoms with van der Waals surface area (Å²) in [6.45, 7) is 4.65. The van der Waals surface area contributed by atoms with Gasteiger partial charge in [-0.2, -0.15) is 0 Å². The van der Waals surface area contributed by atoms with Gasteiger partial charge in [-0.3, -0.25) is 9.59 Å². The van der Waals surface area contributed by atoms with E-state index in [0.29, 0.717) is 19.3 Å². The van der Waals surface area contributed by atoms with Crippen LogP contribution in [0.1, 0.15) is 251 Å². The number of hydrogen-bond acceptors (Lipinski definition) is 6. The minimum absolute atomic E-state index is 0.0531. The molecule has 2 unspecified atom stereocenters. The molecule has 8 heteroatoms. The summed E-state index contributed by atoms with van der Waals surface area (Å²) >= 11 is 0. The molecule has 0 aliphatic heterocycles. The third-order valence-electron chi connectivity index (χ3n) is 12.5. The average molecular weight is 929 g/mol. The van der Waals surface area contributed by atoms with Crippen molar-refractivity contribution in [3.63, 3.8) is 0 Å². The predicted molar refractivity (Wildman–Crippen MR) is 280 cm³/mol. The van der Waals surface area contributed by atoms with Crippen LogP contribution in [0.3, 0.4) is 0 Å². The van der Waals surface area contributed by atoms with Gasteiger partial charge >= 0.3 is 17.9 Å². The van der Waals surface area contributed by atoms with Crippen LogP contribution in [0.5, 0.6) is 0 Å². The molecule has 0 bridgehead atoms. The Balaban J connectivity index is 4.19. The molecule has 1 N–H and O–H groups in total. The van der Waals surface area contributed by atoms with Crippen molar-refractivity contribution in [2.75, 3.05) is 41.0 Å². The van der Waals surface area contributed by atoms with Gasteiger partial charge in [0.05, 0.1) is 34.4 Å².